The van der Waals surface area contributed by atoms with Gasteiger partial charge in [-0.15, -0.1) is 0 Å². The van der Waals surface area contributed by atoms with Gasteiger partial charge in [-0.2, -0.15) is 0 Å². The third kappa shape index (κ3) is 1.95. The monoisotopic (exact) mass is 297 g/mol. The minimum atomic E-state index is -0.384. The molecule has 1 unspecified atom stereocenters. The van der Waals surface area contributed by atoms with Crippen LogP contribution in [0, 0.1) is 10.1 Å². The van der Waals surface area contributed by atoms with Crippen molar-refractivity contribution in [2.45, 2.75) is 10.4 Å². The van der Waals surface area contributed by atoms with Crippen LogP contribution in [-0.2, 0) is 0 Å². The lowest BCUT2D eigenvalue weighted by Gasteiger charge is -2.15. The van der Waals surface area contributed by atoms with Crippen LogP contribution in [0.3, 0.4) is 0 Å². The summed E-state index contributed by atoms with van der Waals surface area (Å²) in [5, 5.41) is 14.1. The van der Waals surface area contributed by atoms with E-state index in [-0.39, 0.29) is 16.1 Å². The topological polar surface area (TPSA) is 58.4 Å². The highest BCUT2D eigenvalue weighted by atomic mass is 32.2. The van der Waals surface area contributed by atoms with Crippen LogP contribution >= 0.6 is 11.8 Å². The molecule has 2 heterocycles. The lowest BCUT2D eigenvalue weighted by molar-refractivity contribution is -0.384. The average Bonchev–Trinajstić information content (AvgIpc) is 3.05. The molecule has 0 amide bonds. The number of anilines is 1. The summed E-state index contributed by atoms with van der Waals surface area (Å²) in [7, 11) is 0. The van der Waals surface area contributed by atoms with Gasteiger partial charge >= 0.3 is 0 Å². The first-order valence-corrected chi connectivity index (χ1v) is 7.37. The Kier molecular flexibility index (Phi) is 2.65. The maximum Gasteiger partial charge on any atom is 0.269 e. The number of nitro benzene ring substituents is 1. The first-order chi connectivity index (χ1) is 10.2. The van der Waals surface area contributed by atoms with Crippen molar-refractivity contribution in [1.29, 1.82) is 0 Å². The summed E-state index contributed by atoms with van der Waals surface area (Å²) in [5.41, 5.74) is 3.40. The normalized spacial score (nSPS) is 18.8. The fraction of sp³-hybridized carbons (Fsp3) is 0.0667. The van der Waals surface area contributed by atoms with Gasteiger partial charge in [0, 0.05) is 23.2 Å². The maximum absolute atomic E-state index is 10.7. The molecule has 0 bridgehead atoms. The number of rotatable bonds is 2. The van der Waals surface area contributed by atoms with E-state index in [0.29, 0.717) is 0 Å². The molecular formula is C15H11N3O2S. The van der Waals surface area contributed by atoms with E-state index in [1.54, 1.807) is 23.9 Å². The van der Waals surface area contributed by atoms with E-state index in [0.717, 1.165) is 11.3 Å². The molecule has 2 aromatic carbocycles. The number of benzene rings is 2. The summed E-state index contributed by atoms with van der Waals surface area (Å²) < 4.78 is 0. The highest BCUT2D eigenvalue weighted by Crippen LogP contribution is 2.45. The van der Waals surface area contributed by atoms with E-state index in [4.69, 9.17) is 0 Å². The second kappa shape index (κ2) is 4.53. The van der Waals surface area contributed by atoms with Gasteiger partial charge in [0.1, 0.15) is 0 Å². The van der Waals surface area contributed by atoms with Gasteiger partial charge in [-0.3, -0.25) is 10.1 Å². The van der Waals surface area contributed by atoms with Gasteiger partial charge < -0.3 is 10.2 Å². The van der Waals surface area contributed by atoms with Crippen LogP contribution in [0.2, 0.25) is 0 Å². The molecule has 2 aromatic rings. The van der Waals surface area contributed by atoms with Crippen molar-refractivity contribution in [1.82, 2.24) is 5.32 Å². The molecule has 0 fully saturated rings. The number of thioether (sulfide) groups is 1. The number of fused-ring (bicyclic) bond motifs is 3. The Labute approximate surface area is 125 Å². The molecule has 0 spiro atoms. The lowest BCUT2D eigenvalue weighted by Crippen LogP contribution is -2.28. The zero-order valence-corrected chi connectivity index (χ0v) is 11.7. The van der Waals surface area contributed by atoms with Crippen LogP contribution < -0.4 is 10.2 Å². The Balaban J connectivity index is 1.66. The van der Waals surface area contributed by atoms with Crippen LogP contribution in [0.1, 0.15) is 5.56 Å². The van der Waals surface area contributed by atoms with E-state index in [9.17, 15) is 10.1 Å². The minimum Gasteiger partial charge on any atom is -0.354 e. The zero-order valence-electron chi connectivity index (χ0n) is 10.9. The molecule has 21 heavy (non-hydrogen) atoms. The Morgan fingerprint density at radius 2 is 1.90 bits per heavy atom. The summed E-state index contributed by atoms with van der Waals surface area (Å²) in [4.78, 5) is 13.8. The number of nitrogens with one attached hydrogen (secondary N) is 1. The van der Waals surface area contributed by atoms with Gasteiger partial charge in [-0.25, -0.2) is 0 Å². The van der Waals surface area contributed by atoms with Gasteiger partial charge in [-0.1, -0.05) is 23.9 Å². The van der Waals surface area contributed by atoms with Crippen LogP contribution in [0.15, 0.2) is 59.6 Å². The van der Waals surface area contributed by atoms with Crippen molar-refractivity contribution in [3.05, 3.63) is 70.4 Å². The number of nitro groups is 1. The summed E-state index contributed by atoms with van der Waals surface area (Å²) in [6.45, 7) is 0. The van der Waals surface area contributed by atoms with E-state index >= 15 is 0 Å². The molecule has 0 radical (unpaired) electrons. The highest BCUT2D eigenvalue weighted by Gasteiger charge is 2.33. The minimum absolute atomic E-state index is 0.109. The van der Waals surface area contributed by atoms with Gasteiger partial charge in [0.05, 0.1) is 16.3 Å². The van der Waals surface area contributed by atoms with Gasteiger partial charge in [-0.05, 0) is 29.8 Å². The number of hydrogen-bond donors (Lipinski definition) is 1. The smallest absolute Gasteiger partial charge is 0.269 e. The van der Waals surface area contributed by atoms with E-state index in [1.165, 1.54) is 22.7 Å². The first-order valence-electron chi connectivity index (χ1n) is 6.49. The van der Waals surface area contributed by atoms with Crippen LogP contribution in [0.25, 0.3) is 5.70 Å². The molecule has 0 saturated heterocycles. The Hall–Kier alpha value is -2.47. The number of para-hydroxylation sites is 1. The fourth-order valence-electron chi connectivity index (χ4n) is 2.54. The molecule has 0 aliphatic carbocycles. The predicted molar refractivity (Wildman–Crippen MR) is 82.8 cm³/mol. The van der Waals surface area contributed by atoms with Crippen molar-refractivity contribution < 1.29 is 4.92 Å². The van der Waals surface area contributed by atoms with Gasteiger partial charge in [0.15, 0.2) is 5.50 Å². The number of nitrogens with zero attached hydrogens (tertiary/aromatic N) is 2. The molecule has 104 valence electrons. The zero-order chi connectivity index (χ0) is 14.4. The molecule has 0 saturated carbocycles. The standard InChI is InChI=1S/C15H11N3O2S/c19-18(20)11-7-5-10(6-8-11)12-9-17-13-3-1-2-4-14(13)21-15(17)16-12/h1-9,15-16H. The number of hydrogen-bond acceptors (Lipinski definition) is 5. The number of non-ortho nitro benzene ring substituents is 1. The largest absolute Gasteiger partial charge is 0.354 e. The quantitative estimate of drug-likeness (QED) is 0.680. The second-order valence-electron chi connectivity index (χ2n) is 4.84. The molecule has 2 aliphatic heterocycles. The van der Waals surface area contributed by atoms with E-state index in [1.807, 2.05) is 12.1 Å². The van der Waals surface area contributed by atoms with E-state index in [2.05, 4.69) is 28.5 Å². The fourth-order valence-corrected chi connectivity index (χ4v) is 3.71. The molecule has 1 atom stereocenters. The van der Waals surface area contributed by atoms with Crippen molar-refractivity contribution in [2.24, 2.45) is 0 Å². The predicted octanol–water partition coefficient (Wildman–Crippen LogP) is 3.39. The summed E-state index contributed by atoms with van der Waals surface area (Å²) in [6.07, 6.45) is 2.06. The van der Waals surface area contributed by atoms with Crippen molar-refractivity contribution in [2.75, 3.05) is 4.90 Å². The van der Waals surface area contributed by atoms with Crippen molar-refractivity contribution >= 4 is 28.8 Å². The Morgan fingerprint density at radius 1 is 1.14 bits per heavy atom. The summed E-state index contributed by atoms with van der Waals surface area (Å²) >= 11 is 1.77. The van der Waals surface area contributed by atoms with Gasteiger partial charge in [0.25, 0.3) is 5.69 Å². The average molecular weight is 297 g/mol. The van der Waals surface area contributed by atoms with Crippen LogP contribution in [-0.4, -0.2) is 10.4 Å². The van der Waals surface area contributed by atoms with E-state index < -0.39 is 0 Å². The van der Waals surface area contributed by atoms with Crippen LogP contribution in [0.5, 0.6) is 0 Å². The molecule has 1 N–H and O–H groups in total. The lowest BCUT2D eigenvalue weighted by atomic mass is 10.1. The molecule has 5 nitrogen and oxygen atoms in total. The molecular weight excluding hydrogens is 286 g/mol. The maximum atomic E-state index is 10.7. The summed E-state index contributed by atoms with van der Waals surface area (Å²) in [6, 6.07) is 14.9. The second-order valence-corrected chi connectivity index (χ2v) is 5.96. The molecule has 6 heteroatoms. The summed E-state index contributed by atoms with van der Waals surface area (Å²) in [5.74, 6) is 0. The molecule has 2 aliphatic rings. The highest BCUT2D eigenvalue weighted by molar-refractivity contribution is 8.00. The third-order valence-corrected chi connectivity index (χ3v) is 4.74. The third-order valence-electron chi connectivity index (χ3n) is 3.57. The van der Waals surface area contributed by atoms with Crippen LogP contribution in [0.4, 0.5) is 11.4 Å². The van der Waals surface area contributed by atoms with Crippen molar-refractivity contribution in [3.63, 3.8) is 0 Å². The van der Waals surface area contributed by atoms with Gasteiger partial charge in [0.2, 0.25) is 0 Å². The molecule has 4 rings (SSSR count). The molecule has 0 aromatic heterocycles. The SMILES string of the molecule is O=[N+]([O-])c1ccc(C2=CN3c4ccccc4SC3N2)cc1. The Morgan fingerprint density at radius 3 is 2.67 bits per heavy atom. The Bertz CT molecular complexity index is 758. The van der Waals surface area contributed by atoms with Crippen molar-refractivity contribution in [3.8, 4) is 0 Å². The first kappa shape index (κ1) is 12.3.